The van der Waals surface area contributed by atoms with Crippen LogP contribution in [0.5, 0.6) is 0 Å². The van der Waals surface area contributed by atoms with E-state index in [0.717, 1.165) is 55.9 Å². The van der Waals surface area contributed by atoms with E-state index < -0.39 is 0 Å². The molecule has 8 aromatic carbocycles. The average Bonchev–Trinajstić information content (AvgIpc) is 3.81. The molecule has 0 atom stereocenters. The predicted molar refractivity (Wildman–Crippen MR) is 238 cm³/mol. The molecular formula is C53H36N4. The van der Waals surface area contributed by atoms with Gasteiger partial charge in [0, 0.05) is 44.8 Å². The third kappa shape index (κ3) is 5.42. The standard InChI is InChI=1S/C53H36N4/c1-4-17-37(18-5-1)39-21-14-24-41(33-39)55(40-22-8-3-9-23-40)43-34-47-45-26-10-12-29-48(45)56(42-25-16-32-54-36-42)53(47)51(35-43)57-49-30-13-11-27-46(49)52-44(28-15-31-50(52)57)38-19-6-2-7-20-38/h1-36H. The van der Waals surface area contributed by atoms with Crippen LogP contribution in [0.2, 0.25) is 0 Å². The van der Waals surface area contributed by atoms with Gasteiger partial charge in [-0.15, -0.1) is 0 Å². The molecule has 0 aliphatic heterocycles. The highest BCUT2D eigenvalue weighted by atomic mass is 15.1. The molecule has 0 N–H and O–H groups in total. The fraction of sp³-hybridized carbons (Fsp3) is 0. The Labute approximate surface area is 330 Å². The van der Waals surface area contributed by atoms with Crippen LogP contribution in [0.1, 0.15) is 0 Å². The molecule has 0 saturated heterocycles. The molecule has 3 heterocycles. The summed E-state index contributed by atoms with van der Waals surface area (Å²) in [5.41, 5.74) is 14.6. The molecule has 11 rings (SSSR count). The Morgan fingerprint density at radius 2 is 1.00 bits per heavy atom. The number of fused-ring (bicyclic) bond motifs is 6. The van der Waals surface area contributed by atoms with Gasteiger partial charge in [-0.05, 0) is 89.0 Å². The number of anilines is 3. The van der Waals surface area contributed by atoms with E-state index in [0.29, 0.717) is 0 Å². The Balaban J connectivity index is 1.29. The van der Waals surface area contributed by atoms with E-state index in [9.17, 15) is 0 Å². The molecule has 0 aliphatic carbocycles. The van der Waals surface area contributed by atoms with Crippen LogP contribution >= 0.6 is 0 Å². The first-order chi connectivity index (χ1) is 28.3. The zero-order chi connectivity index (χ0) is 37.7. The first-order valence-corrected chi connectivity index (χ1v) is 19.4. The topological polar surface area (TPSA) is 26.0 Å². The van der Waals surface area contributed by atoms with Crippen molar-refractivity contribution in [3.8, 4) is 33.6 Å². The number of aromatic nitrogens is 3. The molecule has 4 nitrogen and oxygen atoms in total. The van der Waals surface area contributed by atoms with Gasteiger partial charge in [-0.1, -0.05) is 140 Å². The molecule has 0 fully saturated rings. The highest BCUT2D eigenvalue weighted by molar-refractivity contribution is 6.19. The van der Waals surface area contributed by atoms with E-state index in [-0.39, 0.29) is 0 Å². The molecule has 4 heteroatoms. The summed E-state index contributed by atoms with van der Waals surface area (Å²) in [6.45, 7) is 0. The fourth-order valence-corrected chi connectivity index (χ4v) is 8.73. The van der Waals surface area contributed by atoms with Crippen molar-refractivity contribution >= 4 is 60.7 Å². The first kappa shape index (κ1) is 32.7. The van der Waals surface area contributed by atoms with Crippen molar-refractivity contribution in [3.05, 3.63) is 219 Å². The minimum Gasteiger partial charge on any atom is -0.310 e. The Bertz CT molecular complexity index is 3220. The van der Waals surface area contributed by atoms with E-state index in [4.69, 9.17) is 0 Å². The van der Waals surface area contributed by atoms with Gasteiger partial charge in [-0.2, -0.15) is 0 Å². The molecular weight excluding hydrogens is 693 g/mol. The Kier molecular flexibility index (Phi) is 7.78. The summed E-state index contributed by atoms with van der Waals surface area (Å²) in [5, 5.41) is 4.78. The second-order valence-corrected chi connectivity index (χ2v) is 14.4. The second-order valence-electron chi connectivity index (χ2n) is 14.4. The summed E-state index contributed by atoms with van der Waals surface area (Å²) >= 11 is 0. The van der Waals surface area contributed by atoms with Gasteiger partial charge in [-0.3, -0.25) is 4.98 Å². The van der Waals surface area contributed by atoms with Gasteiger partial charge in [0.05, 0.1) is 39.6 Å². The van der Waals surface area contributed by atoms with Gasteiger partial charge in [0.1, 0.15) is 0 Å². The van der Waals surface area contributed by atoms with Gasteiger partial charge in [0.2, 0.25) is 0 Å². The van der Waals surface area contributed by atoms with Crippen LogP contribution in [0.3, 0.4) is 0 Å². The third-order valence-corrected chi connectivity index (χ3v) is 11.1. The molecule has 268 valence electrons. The maximum Gasteiger partial charge on any atom is 0.0784 e. The smallest absolute Gasteiger partial charge is 0.0784 e. The molecule has 0 unspecified atom stereocenters. The van der Waals surface area contributed by atoms with Crippen LogP contribution in [0.25, 0.3) is 77.2 Å². The summed E-state index contributed by atoms with van der Waals surface area (Å²) in [6, 6.07) is 74.2. The van der Waals surface area contributed by atoms with Crippen molar-refractivity contribution in [2.75, 3.05) is 4.90 Å². The predicted octanol–water partition coefficient (Wildman–Crippen LogP) is 14.1. The van der Waals surface area contributed by atoms with Crippen molar-refractivity contribution in [1.82, 2.24) is 14.1 Å². The SMILES string of the molecule is c1ccc(-c2cccc(N(c3ccccc3)c3cc(-n4c5ccccc5c5c(-c6ccccc6)cccc54)c4c(c3)c3ccccc3n4-c3cccnc3)c2)cc1. The van der Waals surface area contributed by atoms with Crippen LogP contribution < -0.4 is 4.90 Å². The maximum atomic E-state index is 4.61. The number of rotatable bonds is 7. The summed E-state index contributed by atoms with van der Waals surface area (Å²) in [7, 11) is 0. The summed E-state index contributed by atoms with van der Waals surface area (Å²) < 4.78 is 4.87. The van der Waals surface area contributed by atoms with E-state index in [1.165, 1.54) is 38.4 Å². The van der Waals surface area contributed by atoms with E-state index in [2.05, 4.69) is 219 Å². The lowest BCUT2D eigenvalue weighted by Crippen LogP contribution is -2.11. The van der Waals surface area contributed by atoms with Gasteiger partial charge < -0.3 is 14.0 Å². The molecule has 3 aromatic heterocycles. The lowest BCUT2D eigenvalue weighted by Gasteiger charge is -2.27. The average molecular weight is 729 g/mol. The number of para-hydroxylation sites is 3. The number of pyridine rings is 1. The van der Waals surface area contributed by atoms with E-state index in [1.807, 2.05) is 18.5 Å². The molecule has 0 bridgehead atoms. The largest absolute Gasteiger partial charge is 0.310 e. The highest BCUT2D eigenvalue weighted by Gasteiger charge is 2.24. The van der Waals surface area contributed by atoms with Gasteiger partial charge in [0.15, 0.2) is 0 Å². The highest BCUT2D eigenvalue weighted by Crippen LogP contribution is 2.46. The first-order valence-electron chi connectivity index (χ1n) is 19.4. The molecule has 11 aromatic rings. The van der Waals surface area contributed by atoms with Gasteiger partial charge in [-0.25, -0.2) is 0 Å². The molecule has 0 aliphatic rings. The van der Waals surface area contributed by atoms with Crippen molar-refractivity contribution in [2.45, 2.75) is 0 Å². The second kappa shape index (κ2) is 13.6. The summed E-state index contributed by atoms with van der Waals surface area (Å²) in [6.07, 6.45) is 3.81. The Morgan fingerprint density at radius 3 is 1.75 bits per heavy atom. The van der Waals surface area contributed by atoms with Crippen LogP contribution in [0.4, 0.5) is 17.1 Å². The number of hydrogen-bond acceptors (Lipinski definition) is 2. The fourth-order valence-electron chi connectivity index (χ4n) is 8.73. The minimum absolute atomic E-state index is 1.01. The number of benzene rings is 8. The molecule has 0 saturated carbocycles. The minimum atomic E-state index is 1.01. The summed E-state index contributed by atoms with van der Waals surface area (Å²) in [4.78, 5) is 7.01. The van der Waals surface area contributed by atoms with E-state index >= 15 is 0 Å². The van der Waals surface area contributed by atoms with Gasteiger partial charge in [0.25, 0.3) is 0 Å². The van der Waals surface area contributed by atoms with Crippen LogP contribution in [-0.2, 0) is 0 Å². The molecule has 0 spiro atoms. The normalized spacial score (nSPS) is 11.5. The van der Waals surface area contributed by atoms with Crippen molar-refractivity contribution in [3.63, 3.8) is 0 Å². The van der Waals surface area contributed by atoms with Crippen molar-refractivity contribution < 1.29 is 0 Å². The molecule has 57 heavy (non-hydrogen) atoms. The van der Waals surface area contributed by atoms with Crippen molar-refractivity contribution in [1.29, 1.82) is 0 Å². The van der Waals surface area contributed by atoms with Crippen LogP contribution in [0.15, 0.2) is 219 Å². The Hall–Kier alpha value is -7.69. The maximum absolute atomic E-state index is 4.61. The number of hydrogen-bond donors (Lipinski definition) is 0. The molecule has 0 amide bonds. The number of nitrogens with zero attached hydrogens (tertiary/aromatic N) is 4. The lowest BCUT2D eigenvalue weighted by molar-refractivity contribution is 1.11. The zero-order valence-corrected chi connectivity index (χ0v) is 31.1. The lowest BCUT2D eigenvalue weighted by atomic mass is 9.99. The van der Waals surface area contributed by atoms with Crippen molar-refractivity contribution in [2.24, 2.45) is 0 Å². The molecule has 0 radical (unpaired) electrons. The van der Waals surface area contributed by atoms with Gasteiger partial charge >= 0.3 is 0 Å². The van der Waals surface area contributed by atoms with Crippen LogP contribution in [-0.4, -0.2) is 14.1 Å². The van der Waals surface area contributed by atoms with Crippen LogP contribution in [0, 0.1) is 0 Å². The monoisotopic (exact) mass is 728 g/mol. The zero-order valence-electron chi connectivity index (χ0n) is 31.1. The van der Waals surface area contributed by atoms with E-state index in [1.54, 1.807) is 0 Å². The third-order valence-electron chi connectivity index (χ3n) is 11.1. The quantitative estimate of drug-likeness (QED) is 0.163. The Morgan fingerprint density at radius 1 is 0.386 bits per heavy atom. The summed E-state index contributed by atoms with van der Waals surface area (Å²) in [5.74, 6) is 0.